The van der Waals surface area contributed by atoms with E-state index in [1.54, 1.807) is 22.8 Å². The second-order valence-corrected chi connectivity index (χ2v) is 5.98. The number of carbonyl (C=O) groups excluding carboxylic acids is 1. The molecule has 7 heteroatoms. The first-order chi connectivity index (χ1) is 12.2. The fourth-order valence-corrected chi connectivity index (χ4v) is 2.71. The predicted molar refractivity (Wildman–Crippen MR) is 94.9 cm³/mol. The minimum atomic E-state index is -0.399. The van der Waals surface area contributed by atoms with E-state index in [9.17, 15) is 9.90 Å². The molecule has 0 saturated carbocycles. The molecule has 128 valence electrons. The Morgan fingerprint density at radius 3 is 2.56 bits per heavy atom. The number of rotatable bonds is 6. The lowest BCUT2D eigenvalue weighted by atomic mass is 10.1. The smallest absolute Gasteiger partial charge is 0.253 e. The van der Waals surface area contributed by atoms with E-state index in [-0.39, 0.29) is 12.5 Å². The molecule has 3 aromatic rings. The highest BCUT2D eigenvalue weighted by Crippen LogP contribution is 2.20. The van der Waals surface area contributed by atoms with Crippen LogP contribution in [-0.4, -0.2) is 38.4 Å². The van der Waals surface area contributed by atoms with Crippen LogP contribution in [-0.2, 0) is 6.42 Å². The maximum absolute atomic E-state index is 12.6. The number of hydrogen-bond acceptors (Lipinski definition) is 4. The van der Waals surface area contributed by atoms with Gasteiger partial charge in [-0.25, -0.2) is 0 Å². The lowest BCUT2D eigenvalue weighted by Crippen LogP contribution is -2.39. The summed E-state index contributed by atoms with van der Waals surface area (Å²) in [4.78, 5) is 12.6. The van der Waals surface area contributed by atoms with E-state index in [2.05, 4.69) is 15.5 Å². The monoisotopic (exact) mass is 356 g/mol. The second-order valence-electron chi connectivity index (χ2n) is 5.58. The van der Waals surface area contributed by atoms with Crippen molar-refractivity contribution < 1.29 is 9.90 Å². The van der Waals surface area contributed by atoms with Crippen LogP contribution in [0.4, 0.5) is 0 Å². The summed E-state index contributed by atoms with van der Waals surface area (Å²) in [5, 5.41) is 20.3. The van der Waals surface area contributed by atoms with Crippen LogP contribution >= 0.6 is 11.6 Å². The normalized spacial score (nSPS) is 11.9. The van der Waals surface area contributed by atoms with Gasteiger partial charge in [-0.3, -0.25) is 9.36 Å². The Bertz CT molecular complexity index is 838. The number of aliphatic hydroxyl groups is 1. The van der Waals surface area contributed by atoms with Crippen LogP contribution in [0.5, 0.6) is 0 Å². The van der Waals surface area contributed by atoms with E-state index < -0.39 is 6.04 Å². The molecule has 0 radical (unpaired) electrons. The van der Waals surface area contributed by atoms with Crippen molar-refractivity contribution in [1.29, 1.82) is 0 Å². The average molecular weight is 357 g/mol. The molecular formula is C18H17ClN4O2. The standard InChI is InChI=1S/C18H17ClN4O2/c19-17-7-6-15(23-11-20-21-12-23)9-16(17)18(25)22-14(10-24)8-13-4-2-1-3-5-13/h1-7,9,11-12,14,24H,8,10H2,(H,22,25)/t14-/m1/s1. The van der Waals surface area contributed by atoms with Crippen LogP contribution in [0.15, 0.2) is 61.2 Å². The fourth-order valence-electron chi connectivity index (χ4n) is 2.50. The largest absolute Gasteiger partial charge is 0.394 e. The molecule has 2 aromatic carbocycles. The van der Waals surface area contributed by atoms with Gasteiger partial charge in [-0.05, 0) is 30.2 Å². The van der Waals surface area contributed by atoms with Gasteiger partial charge in [0.1, 0.15) is 12.7 Å². The quantitative estimate of drug-likeness (QED) is 0.710. The number of aliphatic hydroxyl groups excluding tert-OH is 1. The second kappa shape index (κ2) is 7.92. The van der Waals surface area contributed by atoms with E-state index >= 15 is 0 Å². The van der Waals surface area contributed by atoms with Crippen LogP contribution in [0.25, 0.3) is 5.69 Å². The first kappa shape index (κ1) is 17.1. The third-order valence-corrected chi connectivity index (χ3v) is 4.12. The van der Waals surface area contributed by atoms with E-state index in [1.807, 2.05) is 30.3 Å². The van der Waals surface area contributed by atoms with Gasteiger partial charge in [-0.1, -0.05) is 41.9 Å². The highest BCUT2D eigenvalue weighted by atomic mass is 35.5. The predicted octanol–water partition coefficient (Wildman–Crippen LogP) is 2.25. The Hall–Kier alpha value is -2.70. The van der Waals surface area contributed by atoms with Crippen molar-refractivity contribution in [3.05, 3.63) is 77.3 Å². The molecule has 1 aromatic heterocycles. The van der Waals surface area contributed by atoms with Crippen molar-refractivity contribution in [2.75, 3.05) is 6.61 Å². The molecule has 3 rings (SSSR count). The van der Waals surface area contributed by atoms with Crippen LogP contribution < -0.4 is 5.32 Å². The van der Waals surface area contributed by atoms with Gasteiger partial charge in [-0.15, -0.1) is 10.2 Å². The molecular weight excluding hydrogens is 340 g/mol. The maximum atomic E-state index is 12.6. The molecule has 6 nitrogen and oxygen atoms in total. The summed E-state index contributed by atoms with van der Waals surface area (Å²) in [7, 11) is 0. The van der Waals surface area contributed by atoms with Crippen LogP contribution in [0, 0.1) is 0 Å². The third-order valence-electron chi connectivity index (χ3n) is 3.79. The van der Waals surface area contributed by atoms with Gasteiger partial charge in [0, 0.05) is 5.69 Å². The molecule has 0 aliphatic rings. The molecule has 0 unspecified atom stereocenters. The number of aromatic nitrogens is 3. The third kappa shape index (κ3) is 4.23. The van der Waals surface area contributed by atoms with Crippen molar-refractivity contribution >= 4 is 17.5 Å². The van der Waals surface area contributed by atoms with E-state index in [0.717, 1.165) is 11.3 Å². The van der Waals surface area contributed by atoms with Gasteiger partial charge in [0.2, 0.25) is 0 Å². The molecule has 0 aliphatic heterocycles. The van der Waals surface area contributed by atoms with E-state index in [4.69, 9.17) is 11.6 Å². The van der Waals surface area contributed by atoms with Crippen molar-refractivity contribution in [3.8, 4) is 5.69 Å². The lowest BCUT2D eigenvalue weighted by molar-refractivity contribution is 0.0916. The van der Waals surface area contributed by atoms with Gasteiger partial charge in [-0.2, -0.15) is 0 Å². The Labute approximate surface area is 150 Å². The molecule has 0 fully saturated rings. The number of amides is 1. The molecule has 0 spiro atoms. The molecule has 25 heavy (non-hydrogen) atoms. The summed E-state index contributed by atoms with van der Waals surface area (Å²) in [6.07, 6.45) is 3.61. The zero-order chi connectivity index (χ0) is 17.6. The number of carbonyl (C=O) groups is 1. The number of halogens is 1. The van der Waals surface area contributed by atoms with Crippen LogP contribution in [0.2, 0.25) is 5.02 Å². The summed E-state index contributed by atoms with van der Waals surface area (Å²) in [5.74, 6) is -0.338. The maximum Gasteiger partial charge on any atom is 0.253 e. The Morgan fingerprint density at radius 1 is 1.16 bits per heavy atom. The number of hydrogen-bond donors (Lipinski definition) is 2. The fraction of sp³-hybridized carbons (Fsp3) is 0.167. The molecule has 1 heterocycles. The van der Waals surface area contributed by atoms with Gasteiger partial charge >= 0.3 is 0 Å². The summed E-state index contributed by atoms with van der Waals surface area (Å²) >= 11 is 6.18. The molecule has 0 saturated heterocycles. The first-order valence-corrected chi connectivity index (χ1v) is 8.15. The number of benzene rings is 2. The molecule has 0 aliphatic carbocycles. The van der Waals surface area contributed by atoms with Crippen LogP contribution in [0.3, 0.4) is 0 Å². The highest BCUT2D eigenvalue weighted by Gasteiger charge is 2.17. The van der Waals surface area contributed by atoms with Crippen molar-refractivity contribution in [1.82, 2.24) is 20.1 Å². The Balaban J connectivity index is 1.76. The molecule has 1 atom stereocenters. The zero-order valence-electron chi connectivity index (χ0n) is 13.3. The summed E-state index contributed by atoms with van der Waals surface area (Å²) in [5.41, 5.74) is 2.09. The highest BCUT2D eigenvalue weighted by molar-refractivity contribution is 6.33. The molecule has 2 N–H and O–H groups in total. The van der Waals surface area contributed by atoms with Gasteiger partial charge in [0.25, 0.3) is 5.91 Å². The minimum absolute atomic E-state index is 0.163. The van der Waals surface area contributed by atoms with E-state index in [0.29, 0.717) is 17.0 Å². The average Bonchev–Trinajstić information content (AvgIpc) is 3.17. The van der Waals surface area contributed by atoms with Gasteiger partial charge < -0.3 is 10.4 Å². The lowest BCUT2D eigenvalue weighted by Gasteiger charge is -2.17. The van der Waals surface area contributed by atoms with Gasteiger partial charge in [0.15, 0.2) is 0 Å². The topological polar surface area (TPSA) is 80.0 Å². The Morgan fingerprint density at radius 2 is 1.88 bits per heavy atom. The molecule has 1 amide bonds. The molecule has 0 bridgehead atoms. The Kier molecular flexibility index (Phi) is 5.42. The summed E-state index contributed by atoms with van der Waals surface area (Å²) in [6.45, 7) is -0.163. The number of nitrogens with zero attached hydrogens (tertiary/aromatic N) is 3. The summed E-state index contributed by atoms with van der Waals surface area (Å²) in [6, 6.07) is 14.4. The van der Waals surface area contributed by atoms with Gasteiger partial charge in [0.05, 0.1) is 23.2 Å². The van der Waals surface area contributed by atoms with Crippen molar-refractivity contribution in [3.63, 3.8) is 0 Å². The summed E-state index contributed by atoms with van der Waals surface area (Å²) < 4.78 is 1.68. The number of nitrogens with one attached hydrogen (secondary N) is 1. The van der Waals surface area contributed by atoms with Crippen LogP contribution in [0.1, 0.15) is 15.9 Å². The van der Waals surface area contributed by atoms with Crippen molar-refractivity contribution in [2.45, 2.75) is 12.5 Å². The minimum Gasteiger partial charge on any atom is -0.394 e. The first-order valence-electron chi connectivity index (χ1n) is 7.77. The zero-order valence-corrected chi connectivity index (χ0v) is 14.1. The SMILES string of the molecule is O=C(N[C@@H](CO)Cc1ccccc1)c1cc(-n2cnnc2)ccc1Cl. The van der Waals surface area contributed by atoms with Crippen molar-refractivity contribution in [2.24, 2.45) is 0 Å². The van der Waals surface area contributed by atoms with E-state index in [1.165, 1.54) is 12.7 Å².